The van der Waals surface area contributed by atoms with Crippen LogP contribution in [0.2, 0.25) is 5.02 Å². The van der Waals surface area contributed by atoms with E-state index in [0.717, 1.165) is 16.7 Å². The molecule has 2 aromatic carbocycles. The van der Waals surface area contributed by atoms with Crippen LogP contribution in [0.1, 0.15) is 16.7 Å². The third-order valence-corrected chi connectivity index (χ3v) is 4.82. The van der Waals surface area contributed by atoms with Crippen LogP contribution >= 0.6 is 11.6 Å². The summed E-state index contributed by atoms with van der Waals surface area (Å²) in [7, 11) is -3.38. The minimum atomic E-state index is -3.38. The molecule has 0 bridgehead atoms. The first-order valence-electron chi connectivity index (χ1n) is 6.57. The fourth-order valence-electron chi connectivity index (χ4n) is 2.19. The second kappa shape index (κ2) is 6.08. The first-order chi connectivity index (χ1) is 9.79. The third kappa shape index (κ3) is 3.77. The lowest BCUT2D eigenvalue weighted by atomic mass is 10.1. The first-order valence-corrected chi connectivity index (χ1v) is 8.80. The second-order valence-electron chi connectivity index (χ2n) is 5.12. The monoisotopic (exact) mass is 323 g/mol. The summed E-state index contributed by atoms with van der Waals surface area (Å²) in [5, 5.41) is 0.599. The van der Waals surface area contributed by atoms with Gasteiger partial charge in [0.2, 0.25) is 10.0 Å². The molecule has 0 spiro atoms. The predicted molar refractivity (Wildman–Crippen MR) is 88.4 cm³/mol. The number of aryl methyl sites for hydroxylation is 1. The number of nitrogens with zero attached hydrogens (tertiary/aromatic N) is 1. The Balaban J connectivity index is 2.48. The van der Waals surface area contributed by atoms with Gasteiger partial charge in [-0.05, 0) is 48.7 Å². The van der Waals surface area contributed by atoms with E-state index in [1.54, 1.807) is 12.1 Å². The number of anilines is 1. The fraction of sp³-hybridized carbons (Fsp3) is 0.250. The number of hydrogen-bond donors (Lipinski definition) is 0. The van der Waals surface area contributed by atoms with Crippen molar-refractivity contribution in [2.45, 2.75) is 20.4 Å². The van der Waals surface area contributed by atoms with E-state index in [1.165, 1.54) is 10.6 Å². The zero-order valence-corrected chi connectivity index (χ0v) is 13.9. The van der Waals surface area contributed by atoms with Gasteiger partial charge in [-0.3, -0.25) is 4.31 Å². The van der Waals surface area contributed by atoms with Crippen molar-refractivity contribution in [3.8, 4) is 0 Å². The molecule has 21 heavy (non-hydrogen) atoms. The number of hydrogen-bond acceptors (Lipinski definition) is 2. The molecule has 0 unspecified atom stereocenters. The maximum absolute atomic E-state index is 12.2. The molecule has 0 heterocycles. The Kier molecular flexibility index (Phi) is 4.59. The number of halogens is 1. The molecular formula is C16H18ClNO2S. The number of benzene rings is 2. The molecule has 0 aliphatic carbocycles. The van der Waals surface area contributed by atoms with Crippen molar-refractivity contribution in [2.75, 3.05) is 10.6 Å². The Morgan fingerprint density at radius 3 is 2.38 bits per heavy atom. The Morgan fingerprint density at radius 1 is 1.10 bits per heavy atom. The summed E-state index contributed by atoms with van der Waals surface area (Å²) >= 11 is 5.98. The Bertz CT molecular complexity index is 757. The summed E-state index contributed by atoms with van der Waals surface area (Å²) in [6.07, 6.45) is 1.22. The van der Waals surface area contributed by atoms with Gasteiger partial charge in [-0.15, -0.1) is 0 Å². The van der Waals surface area contributed by atoms with Crippen molar-refractivity contribution < 1.29 is 8.42 Å². The van der Waals surface area contributed by atoms with Crippen LogP contribution in [0.25, 0.3) is 0 Å². The topological polar surface area (TPSA) is 37.4 Å². The highest BCUT2D eigenvalue weighted by Crippen LogP contribution is 2.27. The van der Waals surface area contributed by atoms with Gasteiger partial charge >= 0.3 is 0 Å². The lowest BCUT2D eigenvalue weighted by Crippen LogP contribution is -2.30. The minimum Gasteiger partial charge on any atom is -0.266 e. The molecule has 2 aromatic rings. The van der Waals surface area contributed by atoms with Crippen LogP contribution in [-0.2, 0) is 16.6 Å². The minimum absolute atomic E-state index is 0.268. The highest BCUT2D eigenvalue weighted by atomic mass is 35.5. The van der Waals surface area contributed by atoms with Crippen LogP contribution in [0.5, 0.6) is 0 Å². The van der Waals surface area contributed by atoms with Crippen molar-refractivity contribution in [2.24, 2.45) is 0 Å². The molecule has 3 nitrogen and oxygen atoms in total. The largest absolute Gasteiger partial charge is 0.266 e. The molecule has 0 aliphatic rings. The normalized spacial score (nSPS) is 11.4. The highest BCUT2D eigenvalue weighted by Gasteiger charge is 2.20. The zero-order chi connectivity index (χ0) is 15.6. The Hall–Kier alpha value is -1.52. The molecular weight excluding hydrogens is 306 g/mol. The number of rotatable bonds is 4. The molecule has 0 fully saturated rings. The van der Waals surface area contributed by atoms with Crippen molar-refractivity contribution in [3.63, 3.8) is 0 Å². The van der Waals surface area contributed by atoms with Crippen LogP contribution < -0.4 is 4.31 Å². The lowest BCUT2D eigenvalue weighted by molar-refractivity contribution is 0.596. The van der Waals surface area contributed by atoms with Crippen LogP contribution in [-0.4, -0.2) is 14.7 Å². The van der Waals surface area contributed by atoms with E-state index < -0.39 is 10.0 Å². The fourth-order valence-corrected chi connectivity index (χ4v) is 3.34. The summed E-state index contributed by atoms with van der Waals surface area (Å²) in [6, 6.07) is 12.9. The van der Waals surface area contributed by atoms with E-state index in [-0.39, 0.29) is 6.54 Å². The molecule has 0 aliphatic heterocycles. The van der Waals surface area contributed by atoms with Gasteiger partial charge < -0.3 is 0 Å². The highest BCUT2D eigenvalue weighted by molar-refractivity contribution is 7.92. The van der Waals surface area contributed by atoms with Gasteiger partial charge in [0.1, 0.15) is 0 Å². The summed E-state index contributed by atoms with van der Waals surface area (Å²) in [5.41, 5.74) is 3.59. The Labute approximate surface area is 131 Å². The van der Waals surface area contributed by atoms with E-state index >= 15 is 0 Å². The lowest BCUT2D eigenvalue weighted by Gasteiger charge is -2.25. The van der Waals surface area contributed by atoms with Crippen LogP contribution in [0.15, 0.2) is 42.5 Å². The van der Waals surface area contributed by atoms with Crippen LogP contribution in [0, 0.1) is 13.8 Å². The average molecular weight is 324 g/mol. The van der Waals surface area contributed by atoms with Gasteiger partial charge in [0.05, 0.1) is 18.5 Å². The summed E-state index contributed by atoms with van der Waals surface area (Å²) < 4.78 is 25.8. The zero-order valence-electron chi connectivity index (χ0n) is 12.3. The molecule has 2 rings (SSSR count). The SMILES string of the molecule is Cc1cccc(N(Cc2cccc(Cl)c2)S(C)(=O)=O)c1C. The van der Waals surface area contributed by atoms with E-state index in [2.05, 4.69) is 0 Å². The van der Waals surface area contributed by atoms with Crippen molar-refractivity contribution in [1.82, 2.24) is 0 Å². The van der Waals surface area contributed by atoms with E-state index in [1.807, 2.05) is 44.2 Å². The van der Waals surface area contributed by atoms with Gasteiger partial charge in [-0.1, -0.05) is 35.9 Å². The van der Waals surface area contributed by atoms with Gasteiger partial charge in [-0.25, -0.2) is 8.42 Å². The summed E-state index contributed by atoms with van der Waals surface area (Å²) in [4.78, 5) is 0. The molecule has 0 radical (unpaired) electrons. The third-order valence-electron chi connectivity index (χ3n) is 3.46. The molecule has 0 amide bonds. The van der Waals surface area contributed by atoms with Gasteiger partial charge in [0.25, 0.3) is 0 Å². The van der Waals surface area contributed by atoms with E-state index in [0.29, 0.717) is 10.7 Å². The molecule has 0 N–H and O–H groups in total. The van der Waals surface area contributed by atoms with E-state index in [4.69, 9.17) is 11.6 Å². The smallest absolute Gasteiger partial charge is 0.232 e. The molecule has 112 valence electrons. The standard InChI is InChI=1S/C16H18ClNO2S/c1-12-6-4-9-16(13(12)2)18(21(3,19)20)11-14-7-5-8-15(17)10-14/h4-10H,11H2,1-3H3. The van der Waals surface area contributed by atoms with E-state index in [9.17, 15) is 8.42 Å². The first kappa shape index (κ1) is 15.9. The molecule has 0 saturated heterocycles. The van der Waals surface area contributed by atoms with Gasteiger partial charge in [0.15, 0.2) is 0 Å². The van der Waals surface area contributed by atoms with Crippen molar-refractivity contribution >= 4 is 27.3 Å². The average Bonchev–Trinajstić information content (AvgIpc) is 2.39. The molecule has 5 heteroatoms. The van der Waals surface area contributed by atoms with Crippen molar-refractivity contribution in [1.29, 1.82) is 0 Å². The molecule has 0 saturated carbocycles. The summed E-state index contributed by atoms with van der Waals surface area (Å²) in [5.74, 6) is 0. The summed E-state index contributed by atoms with van der Waals surface area (Å²) in [6.45, 7) is 4.17. The van der Waals surface area contributed by atoms with Crippen LogP contribution in [0.3, 0.4) is 0 Å². The quantitative estimate of drug-likeness (QED) is 0.855. The maximum atomic E-state index is 12.2. The van der Waals surface area contributed by atoms with Crippen LogP contribution in [0.4, 0.5) is 5.69 Å². The predicted octanol–water partition coefficient (Wildman–Crippen LogP) is 3.92. The number of sulfonamides is 1. The molecule has 0 aromatic heterocycles. The molecule has 0 atom stereocenters. The van der Waals surface area contributed by atoms with Gasteiger partial charge in [0, 0.05) is 5.02 Å². The second-order valence-corrected chi connectivity index (χ2v) is 7.46. The van der Waals surface area contributed by atoms with Gasteiger partial charge in [-0.2, -0.15) is 0 Å². The Morgan fingerprint density at radius 2 is 1.76 bits per heavy atom. The van der Waals surface area contributed by atoms with Crippen molar-refractivity contribution in [3.05, 3.63) is 64.2 Å². The maximum Gasteiger partial charge on any atom is 0.232 e.